The van der Waals surface area contributed by atoms with Gasteiger partial charge in [-0.15, -0.1) is 0 Å². The van der Waals surface area contributed by atoms with Gasteiger partial charge in [-0.05, 0) is 54.7 Å². The van der Waals surface area contributed by atoms with Crippen molar-refractivity contribution < 1.29 is 14.5 Å². The molecule has 3 aromatic rings. The standard InChI is InChI=1S/C23H21N3O4/c1-4-15-11-18(16-6-5-9-24-19(16)12-15)23(7-8-23)25-22(27)17-13-21(30-3)20(26(28)29)10-14(17)2/h4-6,9-13H,1,7-8H2,2-3H3,(H,25,27). The fraction of sp³-hybridized carbons (Fsp3) is 0.217. The first kappa shape index (κ1) is 19.6. The van der Waals surface area contributed by atoms with E-state index in [9.17, 15) is 14.9 Å². The van der Waals surface area contributed by atoms with Gasteiger partial charge in [-0.25, -0.2) is 0 Å². The van der Waals surface area contributed by atoms with Gasteiger partial charge in [0.2, 0.25) is 0 Å². The van der Waals surface area contributed by atoms with Crippen molar-refractivity contribution in [3.63, 3.8) is 0 Å². The van der Waals surface area contributed by atoms with E-state index >= 15 is 0 Å². The maximum atomic E-state index is 13.2. The van der Waals surface area contributed by atoms with Gasteiger partial charge in [0, 0.05) is 29.3 Å². The fourth-order valence-electron chi connectivity index (χ4n) is 3.81. The largest absolute Gasteiger partial charge is 0.490 e. The average Bonchev–Trinajstić information content (AvgIpc) is 3.52. The first-order valence-electron chi connectivity index (χ1n) is 9.56. The van der Waals surface area contributed by atoms with Crippen LogP contribution in [-0.4, -0.2) is 22.9 Å². The van der Waals surface area contributed by atoms with E-state index in [1.807, 2.05) is 24.3 Å². The molecule has 1 saturated carbocycles. The molecule has 1 N–H and O–H groups in total. The summed E-state index contributed by atoms with van der Waals surface area (Å²) < 4.78 is 5.13. The van der Waals surface area contributed by atoms with E-state index in [4.69, 9.17) is 4.74 Å². The monoisotopic (exact) mass is 403 g/mol. The van der Waals surface area contributed by atoms with Gasteiger partial charge in [0.25, 0.3) is 5.91 Å². The lowest BCUT2D eigenvalue weighted by molar-refractivity contribution is -0.385. The van der Waals surface area contributed by atoms with Gasteiger partial charge < -0.3 is 10.1 Å². The summed E-state index contributed by atoms with van der Waals surface area (Å²) in [4.78, 5) is 28.3. The van der Waals surface area contributed by atoms with Crippen LogP contribution < -0.4 is 10.1 Å². The highest BCUT2D eigenvalue weighted by molar-refractivity contribution is 5.98. The van der Waals surface area contributed by atoms with Crippen LogP contribution in [0.2, 0.25) is 0 Å². The third-order valence-corrected chi connectivity index (χ3v) is 5.56. The minimum absolute atomic E-state index is 0.0592. The molecule has 152 valence electrons. The lowest BCUT2D eigenvalue weighted by Gasteiger charge is -2.21. The Hall–Kier alpha value is -3.74. The van der Waals surface area contributed by atoms with Gasteiger partial charge in [-0.3, -0.25) is 19.9 Å². The number of methoxy groups -OCH3 is 1. The van der Waals surface area contributed by atoms with Gasteiger partial charge in [0.1, 0.15) is 0 Å². The minimum atomic E-state index is -0.518. The zero-order valence-electron chi connectivity index (χ0n) is 16.8. The van der Waals surface area contributed by atoms with E-state index in [0.29, 0.717) is 11.1 Å². The Morgan fingerprint density at radius 1 is 1.33 bits per heavy atom. The number of aromatic nitrogens is 1. The molecule has 0 spiro atoms. The van der Waals surface area contributed by atoms with Gasteiger partial charge in [-0.1, -0.05) is 18.7 Å². The van der Waals surface area contributed by atoms with Crippen molar-refractivity contribution in [1.82, 2.24) is 10.3 Å². The van der Waals surface area contributed by atoms with Crippen molar-refractivity contribution >= 4 is 28.6 Å². The molecule has 1 amide bonds. The number of pyridine rings is 1. The third-order valence-electron chi connectivity index (χ3n) is 5.56. The van der Waals surface area contributed by atoms with Crippen molar-refractivity contribution in [2.45, 2.75) is 25.3 Å². The van der Waals surface area contributed by atoms with E-state index < -0.39 is 10.5 Å². The number of carbonyl (C=O) groups excluding carboxylic acids is 1. The number of carbonyl (C=O) groups is 1. The summed E-state index contributed by atoms with van der Waals surface area (Å²) in [5, 5.41) is 15.4. The second-order valence-electron chi connectivity index (χ2n) is 7.47. The number of nitrogens with zero attached hydrogens (tertiary/aromatic N) is 2. The Morgan fingerprint density at radius 2 is 2.10 bits per heavy atom. The average molecular weight is 403 g/mol. The highest BCUT2D eigenvalue weighted by Gasteiger charge is 2.47. The Bertz CT molecular complexity index is 1200. The number of hydrogen-bond donors (Lipinski definition) is 1. The Labute approximate surface area is 173 Å². The molecular formula is C23H21N3O4. The number of hydrogen-bond acceptors (Lipinski definition) is 5. The van der Waals surface area contributed by atoms with Crippen LogP contribution in [0.4, 0.5) is 5.69 Å². The highest BCUT2D eigenvalue weighted by Crippen LogP contribution is 2.48. The predicted molar refractivity (Wildman–Crippen MR) is 115 cm³/mol. The quantitative estimate of drug-likeness (QED) is 0.482. The molecule has 1 aromatic heterocycles. The minimum Gasteiger partial charge on any atom is -0.490 e. The highest BCUT2D eigenvalue weighted by atomic mass is 16.6. The third kappa shape index (κ3) is 3.28. The van der Waals surface area contributed by atoms with Crippen LogP contribution in [0, 0.1) is 17.0 Å². The normalized spacial score (nSPS) is 14.2. The van der Waals surface area contributed by atoms with Crippen LogP contribution in [0.15, 0.2) is 49.2 Å². The van der Waals surface area contributed by atoms with Crippen molar-refractivity contribution in [1.29, 1.82) is 0 Å². The smallest absolute Gasteiger partial charge is 0.311 e. The number of ether oxygens (including phenoxy) is 1. The zero-order valence-corrected chi connectivity index (χ0v) is 16.8. The SMILES string of the molecule is C=Cc1cc(C2(NC(=O)c3cc(OC)c([N+](=O)[O-])cc3C)CC2)c2cccnc2c1. The summed E-state index contributed by atoms with van der Waals surface area (Å²) in [6.07, 6.45) is 5.10. The molecule has 0 bridgehead atoms. The second-order valence-corrected chi connectivity index (χ2v) is 7.47. The maximum absolute atomic E-state index is 13.2. The predicted octanol–water partition coefficient (Wildman–Crippen LogP) is 4.52. The number of benzene rings is 2. The van der Waals surface area contributed by atoms with Gasteiger partial charge in [0.05, 0.1) is 23.1 Å². The molecule has 0 unspecified atom stereocenters. The first-order chi connectivity index (χ1) is 14.4. The summed E-state index contributed by atoms with van der Waals surface area (Å²) in [7, 11) is 1.35. The summed E-state index contributed by atoms with van der Waals surface area (Å²) in [5.74, 6) is -0.233. The van der Waals surface area contributed by atoms with Crippen LogP contribution >= 0.6 is 0 Å². The Kier molecular flexibility index (Phi) is 4.73. The molecule has 0 atom stereocenters. The van der Waals surface area contributed by atoms with Gasteiger partial charge in [0.15, 0.2) is 5.75 Å². The van der Waals surface area contributed by atoms with Crippen LogP contribution in [0.1, 0.15) is 39.9 Å². The number of amides is 1. The molecule has 1 fully saturated rings. The number of fused-ring (bicyclic) bond motifs is 1. The van der Waals surface area contributed by atoms with E-state index in [2.05, 4.69) is 16.9 Å². The lowest BCUT2D eigenvalue weighted by Crippen LogP contribution is -2.35. The van der Waals surface area contributed by atoms with Crippen molar-refractivity contribution in [3.05, 3.63) is 81.5 Å². The lowest BCUT2D eigenvalue weighted by atomic mass is 9.95. The van der Waals surface area contributed by atoms with Crippen molar-refractivity contribution in [3.8, 4) is 5.75 Å². The number of rotatable bonds is 6. The van der Waals surface area contributed by atoms with E-state index in [0.717, 1.165) is 34.9 Å². The number of nitro groups is 1. The summed E-state index contributed by atoms with van der Waals surface area (Å²) in [6.45, 7) is 5.54. The molecule has 2 aromatic carbocycles. The van der Waals surface area contributed by atoms with Gasteiger partial charge in [-0.2, -0.15) is 0 Å². The number of aryl methyl sites for hydroxylation is 1. The Balaban J connectivity index is 1.74. The van der Waals surface area contributed by atoms with Crippen LogP contribution in [0.25, 0.3) is 17.0 Å². The topological polar surface area (TPSA) is 94.4 Å². The van der Waals surface area contributed by atoms with E-state index in [-0.39, 0.29) is 17.3 Å². The molecule has 7 nitrogen and oxygen atoms in total. The fourth-order valence-corrected chi connectivity index (χ4v) is 3.81. The summed E-state index contributed by atoms with van der Waals surface area (Å²) in [6, 6.07) is 10.7. The first-order valence-corrected chi connectivity index (χ1v) is 9.56. The zero-order chi connectivity index (χ0) is 21.5. The molecular weight excluding hydrogens is 382 g/mol. The molecule has 0 saturated heterocycles. The van der Waals surface area contributed by atoms with Crippen molar-refractivity contribution in [2.24, 2.45) is 0 Å². The number of nitrogens with one attached hydrogen (secondary N) is 1. The molecule has 1 heterocycles. The second kappa shape index (κ2) is 7.26. The Morgan fingerprint density at radius 3 is 2.73 bits per heavy atom. The molecule has 0 radical (unpaired) electrons. The van der Waals surface area contributed by atoms with Crippen LogP contribution in [0.5, 0.6) is 5.75 Å². The van der Waals surface area contributed by atoms with Crippen molar-refractivity contribution in [2.75, 3.05) is 7.11 Å². The molecule has 0 aliphatic heterocycles. The molecule has 1 aliphatic carbocycles. The summed E-state index contributed by atoms with van der Waals surface area (Å²) in [5.41, 5.74) is 2.99. The maximum Gasteiger partial charge on any atom is 0.311 e. The van der Waals surface area contributed by atoms with Gasteiger partial charge >= 0.3 is 5.69 Å². The molecule has 1 aliphatic rings. The molecule has 30 heavy (non-hydrogen) atoms. The van der Waals surface area contributed by atoms with E-state index in [1.165, 1.54) is 19.2 Å². The molecule has 7 heteroatoms. The molecule has 4 rings (SSSR count). The van der Waals surface area contributed by atoms with E-state index in [1.54, 1.807) is 19.2 Å². The summed E-state index contributed by atoms with van der Waals surface area (Å²) >= 11 is 0. The number of nitro benzene ring substituents is 1. The van der Waals surface area contributed by atoms with Crippen LogP contribution in [-0.2, 0) is 5.54 Å². The van der Waals surface area contributed by atoms with Crippen LogP contribution in [0.3, 0.4) is 0 Å².